The van der Waals surface area contributed by atoms with Gasteiger partial charge >= 0.3 is 5.97 Å². The Morgan fingerprint density at radius 2 is 1.95 bits per heavy atom. The van der Waals surface area contributed by atoms with Gasteiger partial charge in [-0.3, -0.25) is 4.40 Å². The third kappa shape index (κ3) is 1.95. The quantitative estimate of drug-likeness (QED) is 0.761. The Kier molecular flexibility index (Phi) is 2.52. The number of carboxylic acids is 1. The largest absolute Gasteiger partial charge is 0.478 e. The van der Waals surface area contributed by atoms with Gasteiger partial charge in [0.2, 0.25) is 0 Å². The van der Waals surface area contributed by atoms with Crippen LogP contribution in [0, 0.1) is 6.92 Å². The molecule has 5 heteroatoms. The Labute approximate surface area is 109 Å². The van der Waals surface area contributed by atoms with Crippen LogP contribution in [-0.2, 0) is 0 Å². The molecule has 0 saturated heterocycles. The molecule has 94 valence electrons. The molecule has 1 aromatic carbocycles. The molecule has 0 fully saturated rings. The van der Waals surface area contributed by atoms with Gasteiger partial charge in [-0.2, -0.15) is 0 Å². The van der Waals surface area contributed by atoms with Crippen LogP contribution in [-0.4, -0.2) is 25.7 Å². The lowest BCUT2D eigenvalue weighted by Gasteiger charge is -2.07. The molecular weight excluding hydrogens is 242 g/mol. The van der Waals surface area contributed by atoms with Gasteiger partial charge in [-0.1, -0.05) is 29.8 Å². The van der Waals surface area contributed by atoms with Crippen molar-refractivity contribution in [1.82, 2.24) is 14.6 Å². The smallest absolute Gasteiger partial charge is 0.335 e. The van der Waals surface area contributed by atoms with Gasteiger partial charge < -0.3 is 5.11 Å². The second-order valence-corrected chi connectivity index (χ2v) is 4.36. The third-order valence-corrected chi connectivity index (χ3v) is 3.00. The lowest BCUT2D eigenvalue weighted by atomic mass is 10.1. The van der Waals surface area contributed by atoms with Gasteiger partial charge in [0.25, 0.3) is 0 Å². The van der Waals surface area contributed by atoms with E-state index in [9.17, 15) is 4.79 Å². The van der Waals surface area contributed by atoms with Crippen LogP contribution >= 0.6 is 0 Å². The number of nitrogens with zero attached hydrogens (tertiary/aromatic N) is 3. The molecule has 5 nitrogen and oxygen atoms in total. The molecule has 0 aliphatic heterocycles. The van der Waals surface area contributed by atoms with E-state index in [0.717, 1.165) is 16.8 Å². The molecule has 2 heterocycles. The highest BCUT2D eigenvalue weighted by atomic mass is 16.4. The number of hydrogen-bond acceptors (Lipinski definition) is 3. The molecule has 3 rings (SSSR count). The van der Waals surface area contributed by atoms with Crippen LogP contribution in [0.1, 0.15) is 15.9 Å². The van der Waals surface area contributed by atoms with Crippen molar-refractivity contribution in [3.8, 4) is 11.3 Å². The molecule has 0 amide bonds. The standard InChI is InChI=1S/C14H11N3O2/c1-9-2-4-10(5-3-9)12-6-11(14(18)19)7-13-16-15-8-17(12)13/h2-8H,1H3,(H,18,19). The number of aromatic carboxylic acids is 1. The van der Waals surface area contributed by atoms with E-state index in [2.05, 4.69) is 10.2 Å². The Bertz CT molecular complexity index is 760. The van der Waals surface area contributed by atoms with E-state index in [-0.39, 0.29) is 5.56 Å². The average Bonchev–Trinajstić information content (AvgIpc) is 2.86. The van der Waals surface area contributed by atoms with Crippen LogP contribution < -0.4 is 0 Å². The van der Waals surface area contributed by atoms with Crippen molar-refractivity contribution in [1.29, 1.82) is 0 Å². The van der Waals surface area contributed by atoms with Crippen molar-refractivity contribution in [2.24, 2.45) is 0 Å². The summed E-state index contributed by atoms with van der Waals surface area (Å²) in [4.78, 5) is 11.1. The lowest BCUT2D eigenvalue weighted by molar-refractivity contribution is 0.0697. The van der Waals surface area contributed by atoms with Crippen LogP contribution in [0.15, 0.2) is 42.7 Å². The predicted octanol–water partition coefficient (Wildman–Crippen LogP) is 2.40. The van der Waals surface area contributed by atoms with Gasteiger partial charge in [-0.25, -0.2) is 4.79 Å². The molecule has 3 aromatic rings. The Hall–Kier alpha value is -2.69. The lowest BCUT2D eigenvalue weighted by Crippen LogP contribution is -2.00. The number of aryl methyl sites for hydroxylation is 1. The predicted molar refractivity (Wildman–Crippen MR) is 70.1 cm³/mol. The maximum Gasteiger partial charge on any atom is 0.335 e. The van der Waals surface area contributed by atoms with Crippen molar-refractivity contribution in [3.05, 3.63) is 53.9 Å². The van der Waals surface area contributed by atoms with Gasteiger partial charge in [0.15, 0.2) is 5.65 Å². The second kappa shape index (κ2) is 4.20. The van der Waals surface area contributed by atoms with Crippen molar-refractivity contribution in [3.63, 3.8) is 0 Å². The molecule has 0 unspecified atom stereocenters. The van der Waals surface area contributed by atoms with Crippen LogP contribution in [0.2, 0.25) is 0 Å². The molecule has 0 aliphatic rings. The summed E-state index contributed by atoms with van der Waals surface area (Å²) in [6.07, 6.45) is 1.58. The summed E-state index contributed by atoms with van der Waals surface area (Å²) in [5, 5.41) is 16.9. The van der Waals surface area contributed by atoms with Crippen LogP contribution in [0.3, 0.4) is 0 Å². The third-order valence-electron chi connectivity index (χ3n) is 3.00. The molecule has 0 saturated carbocycles. The maximum atomic E-state index is 11.1. The van der Waals surface area contributed by atoms with E-state index in [1.165, 1.54) is 6.07 Å². The number of rotatable bonds is 2. The fourth-order valence-electron chi connectivity index (χ4n) is 2.00. The fraction of sp³-hybridized carbons (Fsp3) is 0.0714. The molecule has 0 aliphatic carbocycles. The minimum absolute atomic E-state index is 0.205. The molecule has 2 aromatic heterocycles. The van der Waals surface area contributed by atoms with E-state index in [1.807, 2.05) is 31.2 Å². The first-order valence-electron chi connectivity index (χ1n) is 5.79. The normalized spacial score (nSPS) is 10.8. The molecule has 19 heavy (non-hydrogen) atoms. The molecular formula is C14H11N3O2. The van der Waals surface area contributed by atoms with Crippen molar-refractivity contribution in [2.45, 2.75) is 6.92 Å². The van der Waals surface area contributed by atoms with Crippen molar-refractivity contribution < 1.29 is 9.90 Å². The molecule has 1 N–H and O–H groups in total. The monoisotopic (exact) mass is 253 g/mol. The number of fused-ring (bicyclic) bond motifs is 1. The van der Waals surface area contributed by atoms with E-state index in [4.69, 9.17) is 5.11 Å². The number of aromatic nitrogens is 3. The fourth-order valence-corrected chi connectivity index (χ4v) is 2.00. The SMILES string of the molecule is Cc1ccc(-c2cc(C(=O)O)cc3nncn23)cc1. The summed E-state index contributed by atoms with van der Waals surface area (Å²) in [5.74, 6) is -0.973. The van der Waals surface area contributed by atoms with E-state index in [0.29, 0.717) is 5.65 Å². The molecule has 0 spiro atoms. The number of hydrogen-bond donors (Lipinski definition) is 1. The number of carboxylic acid groups (broad SMARTS) is 1. The highest BCUT2D eigenvalue weighted by molar-refractivity contribution is 5.90. The number of benzene rings is 1. The first-order chi connectivity index (χ1) is 9.15. The zero-order valence-corrected chi connectivity index (χ0v) is 10.2. The average molecular weight is 253 g/mol. The highest BCUT2D eigenvalue weighted by Gasteiger charge is 2.11. The summed E-state index contributed by atoms with van der Waals surface area (Å²) >= 11 is 0. The zero-order valence-electron chi connectivity index (χ0n) is 10.2. The molecule has 0 bridgehead atoms. The highest BCUT2D eigenvalue weighted by Crippen LogP contribution is 2.22. The minimum Gasteiger partial charge on any atom is -0.478 e. The maximum absolute atomic E-state index is 11.1. The Balaban J connectivity index is 2.29. The number of pyridine rings is 1. The topological polar surface area (TPSA) is 67.5 Å². The van der Waals surface area contributed by atoms with E-state index < -0.39 is 5.97 Å². The van der Waals surface area contributed by atoms with Gasteiger partial charge in [0.1, 0.15) is 6.33 Å². The summed E-state index contributed by atoms with van der Waals surface area (Å²) in [5.41, 5.74) is 3.57. The van der Waals surface area contributed by atoms with Crippen molar-refractivity contribution >= 4 is 11.6 Å². The van der Waals surface area contributed by atoms with Gasteiger partial charge in [-0.05, 0) is 24.6 Å². The summed E-state index contributed by atoms with van der Waals surface area (Å²) in [6.45, 7) is 2.01. The van der Waals surface area contributed by atoms with E-state index >= 15 is 0 Å². The van der Waals surface area contributed by atoms with Crippen LogP contribution in [0.25, 0.3) is 16.9 Å². The van der Waals surface area contributed by atoms with Gasteiger partial charge in [-0.15, -0.1) is 10.2 Å². The van der Waals surface area contributed by atoms with Crippen LogP contribution in [0.4, 0.5) is 0 Å². The first kappa shape index (κ1) is 11.4. The first-order valence-corrected chi connectivity index (χ1v) is 5.79. The summed E-state index contributed by atoms with van der Waals surface area (Å²) < 4.78 is 1.77. The molecule has 0 radical (unpaired) electrons. The summed E-state index contributed by atoms with van der Waals surface area (Å²) in [7, 11) is 0. The molecule has 0 atom stereocenters. The zero-order chi connectivity index (χ0) is 13.4. The number of carbonyl (C=O) groups is 1. The van der Waals surface area contributed by atoms with Crippen molar-refractivity contribution in [2.75, 3.05) is 0 Å². The Morgan fingerprint density at radius 1 is 1.21 bits per heavy atom. The second-order valence-electron chi connectivity index (χ2n) is 4.36. The van der Waals surface area contributed by atoms with Gasteiger partial charge in [0, 0.05) is 0 Å². The Morgan fingerprint density at radius 3 is 2.63 bits per heavy atom. The summed E-state index contributed by atoms with van der Waals surface area (Å²) in [6, 6.07) is 11.0. The van der Waals surface area contributed by atoms with Gasteiger partial charge in [0.05, 0.1) is 11.3 Å². The minimum atomic E-state index is -0.973. The van der Waals surface area contributed by atoms with E-state index in [1.54, 1.807) is 16.8 Å². The van der Waals surface area contributed by atoms with Crippen LogP contribution in [0.5, 0.6) is 0 Å².